The minimum Gasteiger partial charge on any atom is -0.465 e. The topological polar surface area (TPSA) is 60.4 Å². The Balaban J connectivity index is 2.68. The third kappa shape index (κ3) is 3.21. The highest BCUT2D eigenvalue weighted by molar-refractivity contribution is 5.91. The number of carbonyl (C=O) groups excluding carboxylic acids is 2. The van der Waals surface area contributed by atoms with Gasteiger partial charge in [0.2, 0.25) is 0 Å². The molecule has 23 heavy (non-hydrogen) atoms. The monoisotopic (exact) mass is 316 g/mol. The van der Waals surface area contributed by atoms with Crippen LogP contribution < -0.4 is 9.13 Å². The van der Waals surface area contributed by atoms with Crippen molar-refractivity contribution in [2.45, 2.75) is 6.92 Å². The van der Waals surface area contributed by atoms with Gasteiger partial charge in [0.25, 0.3) is 11.4 Å². The van der Waals surface area contributed by atoms with E-state index in [-0.39, 0.29) is 0 Å². The first-order valence-electron chi connectivity index (χ1n) is 7.06. The average Bonchev–Trinajstić information content (AvgIpc) is 2.56. The Hall–Kier alpha value is -2.76. The zero-order valence-electron chi connectivity index (χ0n) is 13.9. The molecule has 0 saturated carbocycles. The van der Waals surface area contributed by atoms with Crippen LogP contribution in [0, 0.1) is 6.92 Å². The molecule has 0 N–H and O–H groups in total. The van der Waals surface area contributed by atoms with Crippen molar-refractivity contribution in [1.29, 1.82) is 0 Å². The van der Waals surface area contributed by atoms with Crippen molar-refractivity contribution in [2.75, 3.05) is 14.2 Å². The van der Waals surface area contributed by atoms with Gasteiger partial charge >= 0.3 is 11.9 Å². The maximum Gasteiger partial charge on any atom is 0.338 e. The molecule has 0 amide bonds. The largest absolute Gasteiger partial charge is 0.465 e. The van der Waals surface area contributed by atoms with Crippen LogP contribution in [0.5, 0.6) is 0 Å². The molecule has 2 aromatic rings. The molecule has 2 aromatic heterocycles. The van der Waals surface area contributed by atoms with Crippen molar-refractivity contribution < 1.29 is 28.2 Å². The van der Waals surface area contributed by atoms with Gasteiger partial charge in [-0.05, 0) is 0 Å². The molecule has 2 heterocycles. The number of methoxy groups -OCH3 is 2. The van der Waals surface area contributed by atoms with Crippen LogP contribution in [0.25, 0.3) is 11.4 Å². The quantitative estimate of drug-likeness (QED) is 0.623. The third-order valence-electron chi connectivity index (χ3n) is 3.80. The lowest BCUT2D eigenvalue weighted by molar-refractivity contribution is -0.693. The zero-order valence-corrected chi connectivity index (χ0v) is 13.9. The molecular weight excluding hydrogens is 296 g/mol. The zero-order chi connectivity index (χ0) is 17.1. The maximum atomic E-state index is 11.9. The van der Waals surface area contributed by atoms with Gasteiger partial charge in [-0.3, -0.25) is 0 Å². The summed E-state index contributed by atoms with van der Waals surface area (Å²) in [6.07, 6.45) is 1.78. The van der Waals surface area contributed by atoms with E-state index >= 15 is 0 Å². The lowest BCUT2D eigenvalue weighted by Crippen LogP contribution is -2.41. The molecule has 0 aliphatic rings. The van der Waals surface area contributed by atoms with Crippen LogP contribution >= 0.6 is 0 Å². The maximum absolute atomic E-state index is 11.9. The van der Waals surface area contributed by atoms with Gasteiger partial charge in [-0.2, -0.15) is 9.13 Å². The molecular formula is C17H20N2O4+2. The van der Waals surface area contributed by atoms with Crippen LogP contribution in [-0.4, -0.2) is 26.2 Å². The van der Waals surface area contributed by atoms with Crippen LogP contribution in [0.15, 0.2) is 30.5 Å². The predicted octanol–water partition coefficient (Wildman–Crippen LogP) is 0.884. The van der Waals surface area contributed by atoms with Crippen molar-refractivity contribution in [3.05, 3.63) is 47.3 Å². The minimum atomic E-state index is -0.407. The molecule has 0 atom stereocenters. The lowest BCUT2D eigenvalue weighted by atomic mass is 10.1. The Labute approximate surface area is 134 Å². The predicted molar refractivity (Wildman–Crippen MR) is 81.6 cm³/mol. The van der Waals surface area contributed by atoms with Crippen LogP contribution in [-0.2, 0) is 23.6 Å². The summed E-state index contributed by atoms with van der Waals surface area (Å²) in [6.45, 7) is 1.90. The summed E-state index contributed by atoms with van der Waals surface area (Å²) in [5, 5.41) is 0. The van der Waals surface area contributed by atoms with Gasteiger partial charge < -0.3 is 9.47 Å². The summed E-state index contributed by atoms with van der Waals surface area (Å²) in [5.74, 6) is -0.808. The van der Waals surface area contributed by atoms with Crippen LogP contribution in [0.3, 0.4) is 0 Å². The number of hydrogen-bond donors (Lipinski definition) is 0. The van der Waals surface area contributed by atoms with Gasteiger partial charge in [-0.15, -0.1) is 0 Å². The normalized spacial score (nSPS) is 10.3. The summed E-state index contributed by atoms with van der Waals surface area (Å²) in [6, 6.07) is 6.93. The Morgan fingerprint density at radius 1 is 0.913 bits per heavy atom. The van der Waals surface area contributed by atoms with E-state index in [0.29, 0.717) is 11.1 Å². The first-order chi connectivity index (χ1) is 10.9. The third-order valence-corrected chi connectivity index (χ3v) is 3.80. The highest BCUT2D eigenvalue weighted by Gasteiger charge is 2.25. The number of carbonyl (C=O) groups is 2. The molecule has 0 radical (unpaired) electrons. The molecule has 0 aromatic carbocycles. The smallest absolute Gasteiger partial charge is 0.338 e. The Kier molecular flexibility index (Phi) is 4.74. The van der Waals surface area contributed by atoms with Gasteiger partial charge in [0.05, 0.1) is 25.3 Å². The van der Waals surface area contributed by atoms with Gasteiger partial charge in [0.1, 0.15) is 14.1 Å². The van der Waals surface area contributed by atoms with E-state index in [1.807, 2.05) is 30.2 Å². The van der Waals surface area contributed by atoms with Crippen LogP contribution in [0.2, 0.25) is 0 Å². The standard InChI is InChI=1S/C17H20N2O4/c1-11-8-13(17(21)23-5)10-15(19(11)3)14-9-12(16(20)22-4)6-7-18(14)2/h6-10H,1-5H3/q+2. The summed E-state index contributed by atoms with van der Waals surface area (Å²) in [4.78, 5) is 23.6. The summed E-state index contributed by atoms with van der Waals surface area (Å²) in [7, 11) is 6.46. The van der Waals surface area contributed by atoms with Gasteiger partial charge in [0, 0.05) is 31.2 Å². The molecule has 6 heteroatoms. The van der Waals surface area contributed by atoms with Crippen molar-refractivity contribution in [3.8, 4) is 11.4 Å². The molecule has 0 spiro atoms. The second kappa shape index (κ2) is 6.56. The fraction of sp³-hybridized carbons (Fsp3) is 0.294. The van der Waals surface area contributed by atoms with Crippen molar-refractivity contribution in [2.24, 2.45) is 14.1 Å². The molecule has 0 bridgehead atoms. The molecule has 6 nitrogen and oxygen atoms in total. The van der Waals surface area contributed by atoms with Gasteiger partial charge in [-0.1, -0.05) is 0 Å². The van der Waals surface area contributed by atoms with E-state index in [2.05, 4.69) is 0 Å². The van der Waals surface area contributed by atoms with Crippen molar-refractivity contribution in [3.63, 3.8) is 0 Å². The Bertz CT molecular complexity index is 784. The fourth-order valence-corrected chi connectivity index (χ4v) is 2.35. The van der Waals surface area contributed by atoms with E-state index in [9.17, 15) is 9.59 Å². The summed E-state index contributed by atoms with van der Waals surface area (Å²) in [5.41, 5.74) is 3.37. The van der Waals surface area contributed by atoms with E-state index in [0.717, 1.165) is 17.1 Å². The molecule has 0 unspecified atom stereocenters. The van der Waals surface area contributed by atoms with Crippen LogP contribution in [0.1, 0.15) is 26.4 Å². The fourth-order valence-electron chi connectivity index (χ4n) is 2.35. The summed E-state index contributed by atoms with van der Waals surface area (Å²) >= 11 is 0. The summed E-state index contributed by atoms with van der Waals surface area (Å²) < 4.78 is 13.4. The number of nitrogens with zero attached hydrogens (tertiary/aromatic N) is 2. The lowest BCUT2D eigenvalue weighted by Gasteiger charge is -2.06. The molecule has 0 aliphatic heterocycles. The first kappa shape index (κ1) is 16.6. The molecule has 0 aliphatic carbocycles. The molecule has 120 valence electrons. The molecule has 2 rings (SSSR count). The number of aromatic nitrogens is 2. The molecule has 0 saturated heterocycles. The van der Waals surface area contributed by atoms with E-state index < -0.39 is 11.9 Å². The second-order valence-corrected chi connectivity index (χ2v) is 5.22. The number of ether oxygens (including phenoxy) is 2. The van der Waals surface area contributed by atoms with Crippen molar-refractivity contribution in [1.82, 2.24) is 0 Å². The highest BCUT2D eigenvalue weighted by atomic mass is 16.5. The van der Waals surface area contributed by atoms with Gasteiger partial charge in [-0.25, -0.2) is 9.59 Å². The average molecular weight is 316 g/mol. The highest BCUT2D eigenvalue weighted by Crippen LogP contribution is 2.16. The van der Waals surface area contributed by atoms with Gasteiger partial charge in [0.15, 0.2) is 11.9 Å². The Morgan fingerprint density at radius 3 is 2.09 bits per heavy atom. The van der Waals surface area contributed by atoms with E-state index in [1.54, 1.807) is 30.5 Å². The number of esters is 2. The van der Waals surface area contributed by atoms with Crippen LogP contribution in [0.4, 0.5) is 0 Å². The Morgan fingerprint density at radius 2 is 1.48 bits per heavy atom. The first-order valence-corrected chi connectivity index (χ1v) is 7.06. The number of aryl methyl sites for hydroxylation is 2. The number of pyridine rings is 2. The number of hydrogen-bond acceptors (Lipinski definition) is 4. The minimum absolute atomic E-state index is 0.401. The number of rotatable bonds is 3. The molecule has 0 fully saturated rings. The SMILES string of the molecule is COC(=O)c1cc[n+](C)c(-c2cc(C(=O)OC)cc(C)[n+]2C)c1. The van der Waals surface area contributed by atoms with Crippen molar-refractivity contribution >= 4 is 11.9 Å². The van der Waals surface area contributed by atoms with E-state index in [4.69, 9.17) is 9.47 Å². The second-order valence-electron chi connectivity index (χ2n) is 5.22. The van der Waals surface area contributed by atoms with E-state index in [1.165, 1.54) is 14.2 Å².